The molecule has 106 valence electrons. The average molecular weight is 293 g/mol. The van der Waals surface area contributed by atoms with E-state index in [1.165, 1.54) is 6.20 Å². The van der Waals surface area contributed by atoms with Gasteiger partial charge in [0.2, 0.25) is 5.95 Å². The maximum absolute atomic E-state index is 13.7. The van der Waals surface area contributed by atoms with Crippen LogP contribution in [0.3, 0.4) is 0 Å². The molecule has 0 spiro atoms. The molecule has 0 aliphatic rings. The Kier molecular flexibility index (Phi) is 4.71. The summed E-state index contributed by atoms with van der Waals surface area (Å²) in [5.41, 5.74) is 2.73. The van der Waals surface area contributed by atoms with Crippen LogP contribution >= 0.6 is 11.6 Å². The summed E-state index contributed by atoms with van der Waals surface area (Å²) >= 11 is 6.09. The van der Waals surface area contributed by atoms with Crippen LogP contribution in [-0.4, -0.2) is 9.97 Å². The van der Waals surface area contributed by atoms with Crippen LogP contribution in [0.25, 0.3) is 0 Å². The van der Waals surface area contributed by atoms with E-state index in [9.17, 15) is 4.39 Å². The first-order valence-electron chi connectivity index (χ1n) is 6.73. The van der Waals surface area contributed by atoms with E-state index in [0.717, 1.165) is 11.1 Å². The highest BCUT2D eigenvalue weighted by Crippen LogP contribution is 2.26. The van der Waals surface area contributed by atoms with Crippen molar-refractivity contribution >= 4 is 11.6 Å². The molecule has 0 radical (unpaired) electrons. The zero-order valence-corrected chi connectivity index (χ0v) is 12.7. The van der Waals surface area contributed by atoms with Gasteiger partial charge in [0.1, 0.15) is 5.15 Å². The molecule has 0 bridgehead atoms. The minimum Gasteiger partial charge on any atom is -0.244 e. The largest absolute Gasteiger partial charge is 0.244 e. The van der Waals surface area contributed by atoms with Crippen molar-refractivity contribution in [3.8, 4) is 0 Å². The Morgan fingerprint density at radius 1 is 1.20 bits per heavy atom. The molecule has 0 aromatic carbocycles. The lowest BCUT2D eigenvalue weighted by Crippen LogP contribution is -2.04. The SMILES string of the molecule is CC(C)c1cc(CC(C)c2cccnc2F)cnc1Cl. The molecule has 2 aromatic rings. The lowest BCUT2D eigenvalue weighted by atomic mass is 9.94. The minimum absolute atomic E-state index is 0.0479. The van der Waals surface area contributed by atoms with E-state index in [1.807, 2.05) is 6.92 Å². The fourth-order valence-electron chi connectivity index (χ4n) is 2.26. The van der Waals surface area contributed by atoms with Crippen molar-refractivity contribution in [1.82, 2.24) is 9.97 Å². The second-order valence-electron chi connectivity index (χ2n) is 5.37. The first kappa shape index (κ1) is 14.9. The molecule has 1 unspecified atom stereocenters. The van der Waals surface area contributed by atoms with Gasteiger partial charge in [-0.25, -0.2) is 9.97 Å². The van der Waals surface area contributed by atoms with Gasteiger partial charge in [-0.1, -0.05) is 44.5 Å². The highest BCUT2D eigenvalue weighted by molar-refractivity contribution is 6.30. The molecule has 0 fully saturated rings. The van der Waals surface area contributed by atoms with Gasteiger partial charge < -0.3 is 0 Å². The molecule has 0 N–H and O–H groups in total. The Hall–Kier alpha value is -1.48. The maximum Gasteiger partial charge on any atom is 0.216 e. The number of pyridine rings is 2. The summed E-state index contributed by atoms with van der Waals surface area (Å²) in [6, 6.07) is 5.60. The molecule has 0 saturated heterocycles. The molecule has 1 atom stereocenters. The van der Waals surface area contributed by atoms with Crippen LogP contribution in [0.1, 0.15) is 49.3 Å². The molecule has 2 rings (SSSR count). The summed E-state index contributed by atoms with van der Waals surface area (Å²) < 4.78 is 13.7. The summed E-state index contributed by atoms with van der Waals surface area (Å²) in [5, 5.41) is 0.545. The van der Waals surface area contributed by atoms with E-state index in [-0.39, 0.29) is 5.92 Å². The van der Waals surface area contributed by atoms with E-state index in [4.69, 9.17) is 11.6 Å². The van der Waals surface area contributed by atoms with Crippen molar-refractivity contribution < 1.29 is 4.39 Å². The van der Waals surface area contributed by atoms with Gasteiger partial charge in [-0.2, -0.15) is 4.39 Å². The summed E-state index contributed by atoms with van der Waals surface area (Å²) in [6.07, 6.45) is 3.94. The van der Waals surface area contributed by atoms with E-state index in [2.05, 4.69) is 29.9 Å². The lowest BCUT2D eigenvalue weighted by Gasteiger charge is -2.14. The highest BCUT2D eigenvalue weighted by Gasteiger charge is 2.14. The predicted molar refractivity (Wildman–Crippen MR) is 79.7 cm³/mol. The summed E-state index contributed by atoms with van der Waals surface area (Å²) in [7, 11) is 0. The van der Waals surface area contributed by atoms with Crippen LogP contribution in [0.4, 0.5) is 4.39 Å². The molecule has 2 aromatic heterocycles. The third kappa shape index (κ3) is 3.34. The van der Waals surface area contributed by atoms with Crippen molar-refractivity contribution in [2.75, 3.05) is 0 Å². The van der Waals surface area contributed by atoms with E-state index < -0.39 is 5.95 Å². The molecule has 2 heterocycles. The number of nitrogens with zero attached hydrogens (tertiary/aromatic N) is 2. The summed E-state index contributed by atoms with van der Waals surface area (Å²) in [6.45, 7) is 6.15. The van der Waals surface area contributed by atoms with Crippen LogP contribution in [0, 0.1) is 5.95 Å². The van der Waals surface area contributed by atoms with E-state index in [0.29, 0.717) is 23.1 Å². The van der Waals surface area contributed by atoms with Gasteiger partial charge >= 0.3 is 0 Å². The molecule has 0 amide bonds. The van der Waals surface area contributed by atoms with Crippen molar-refractivity contribution in [1.29, 1.82) is 0 Å². The minimum atomic E-state index is -0.397. The van der Waals surface area contributed by atoms with Crippen LogP contribution < -0.4 is 0 Å². The highest BCUT2D eigenvalue weighted by atomic mass is 35.5. The predicted octanol–water partition coefficient (Wildman–Crippen LogP) is 4.74. The third-order valence-corrected chi connectivity index (χ3v) is 3.72. The Morgan fingerprint density at radius 3 is 2.60 bits per heavy atom. The molecule has 0 aliphatic heterocycles. The Morgan fingerprint density at radius 2 is 1.95 bits per heavy atom. The van der Waals surface area contributed by atoms with Crippen molar-refractivity contribution in [2.45, 2.75) is 39.0 Å². The summed E-state index contributed by atoms with van der Waals surface area (Å²) in [5.74, 6) is -0.0296. The maximum atomic E-state index is 13.7. The fourth-order valence-corrected chi connectivity index (χ4v) is 2.58. The standard InChI is InChI=1S/C16H18ClFN2/c1-10(2)14-8-12(9-20-15(14)17)7-11(3)13-5-4-6-19-16(13)18/h4-6,8-11H,7H2,1-3H3. The van der Waals surface area contributed by atoms with Crippen LogP contribution in [-0.2, 0) is 6.42 Å². The van der Waals surface area contributed by atoms with Crippen LogP contribution in [0.2, 0.25) is 5.15 Å². The van der Waals surface area contributed by atoms with E-state index >= 15 is 0 Å². The lowest BCUT2D eigenvalue weighted by molar-refractivity contribution is 0.548. The van der Waals surface area contributed by atoms with Gasteiger partial charge in [-0.05, 0) is 35.4 Å². The molecular formula is C16H18ClFN2. The van der Waals surface area contributed by atoms with Gasteiger partial charge in [0.15, 0.2) is 0 Å². The molecule has 2 nitrogen and oxygen atoms in total. The first-order chi connectivity index (χ1) is 9.49. The Labute approximate surface area is 124 Å². The van der Waals surface area contributed by atoms with Gasteiger partial charge in [-0.15, -0.1) is 0 Å². The second kappa shape index (κ2) is 6.31. The zero-order chi connectivity index (χ0) is 14.7. The zero-order valence-electron chi connectivity index (χ0n) is 11.9. The van der Waals surface area contributed by atoms with Crippen molar-refractivity contribution in [3.05, 3.63) is 58.4 Å². The number of hydrogen-bond donors (Lipinski definition) is 0. The normalized spacial score (nSPS) is 12.7. The molecule has 0 aliphatic carbocycles. The Balaban J connectivity index is 2.22. The average Bonchev–Trinajstić information content (AvgIpc) is 2.41. The second-order valence-corrected chi connectivity index (χ2v) is 5.72. The monoisotopic (exact) mass is 292 g/mol. The molecule has 20 heavy (non-hydrogen) atoms. The van der Waals surface area contributed by atoms with Crippen LogP contribution in [0.5, 0.6) is 0 Å². The topological polar surface area (TPSA) is 25.8 Å². The Bertz CT molecular complexity index is 599. The summed E-state index contributed by atoms with van der Waals surface area (Å²) in [4.78, 5) is 7.92. The molecular weight excluding hydrogens is 275 g/mol. The smallest absolute Gasteiger partial charge is 0.216 e. The number of aromatic nitrogens is 2. The third-order valence-electron chi connectivity index (χ3n) is 3.41. The quantitative estimate of drug-likeness (QED) is 0.761. The van der Waals surface area contributed by atoms with Crippen molar-refractivity contribution in [2.24, 2.45) is 0 Å². The van der Waals surface area contributed by atoms with Crippen molar-refractivity contribution in [3.63, 3.8) is 0 Å². The van der Waals surface area contributed by atoms with Gasteiger partial charge in [0.25, 0.3) is 0 Å². The van der Waals surface area contributed by atoms with Gasteiger partial charge in [-0.3, -0.25) is 0 Å². The van der Waals surface area contributed by atoms with Gasteiger partial charge in [0, 0.05) is 18.0 Å². The van der Waals surface area contributed by atoms with Gasteiger partial charge in [0.05, 0.1) is 0 Å². The number of rotatable bonds is 4. The fraction of sp³-hybridized carbons (Fsp3) is 0.375. The molecule has 0 saturated carbocycles. The first-order valence-corrected chi connectivity index (χ1v) is 7.11. The number of hydrogen-bond acceptors (Lipinski definition) is 2. The number of halogens is 2. The van der Waals surface area contributed by atoms with Crippen LogP contribution in [0.15, 0.2) is 30.6 Å². The van der Waals surface area contributed by atoms with E-state index in [1.54, 1.807) is 18.3 Å². The molecule has 4 heteroatoms.